The van der Waals surface area contributed by atoms with Crippen LogP contribution in [0.1, 0.15) is 73.8 Å². The fourth-order valence-electron chi connectivity index (χ4n) is 6.01. The zero-order valence-corrected chi connectivity index (χ0v) is 23.6. The van der Waals surface area contributed by atoms with Crippen molar-refractivity contribution in [3.63, 3.8) is 0 Å². The molecule has 1 atom stereocenters. The van der Waals surface area contributed by atoms with Crippen molar-refractivity contribution in [2.75, 3.05) is 41.7 Å². The van der Waals surface area contributed by atoms with Crippen LogP contribution in [-0.4, -0.2) is 52.2 Å². The van der Waals surface area contributed by atoms with E-state index in [2.05, 4.69) is 56.7 Å². The second-order valence-corrected chi connectivity index (χ2v) is 11.1. The molecule has 2 aliphatic rings. The summed E-state index contributed by atoms with van der Waals surface area (Å²) in [5, 5.41) is 16.7. The zero-order valence-electron chi connectivity index (χ0n) is 23.6. The number of aliphatic carboxylic acids is 1. The van der Waals surface area contributed by atoms with Gasteiger partial charge in [-0.3, -0.25) is 4.79 Å². The highest BCUT2D eigenvalue weighted by Gasteiger charge is 2.26. The number of unbranched alkanes of at least 4 members (excludes halogenated alkanes) is 1. The summed E-state index contributed by atoms with van der Waals surface area (Å²) in [5.41, 5.74) is 4.88. The highest BCUT2D eigenvalue weighted by molar-refractivity contribution is 5.71. The number of nitrogens with zero attached hydrogens (tertiary/aromatic N) is 4. The lowest BCUT2D eigenvalue weighted by Crippen LogP contribution is -2.35. The Labute approximate surface area is 237 Å². The number of carboxylic acid groups (broad SMARTS) is 1. The molecule has 5 rings (SSSR count). The summed E-state index contributed by atoms with van der Waals surface area (Å²) in [5.74, 6) is 2.04. The van der Waals surface area contributed by atoms with Crippen molar-refractivity contribution in [2.45, 2.75) is 70.6 Å². The van der Waals surface area contributed by atoms with Crippen LogP contribution >= 0.6 is 0 Å². The Morgan fingerprint density at radius 2 is 1.95 bits per heavy atom. The molecular formula is C32H42N6O2. The number of benzene rings is 1. The summed E-state index contributed by atoms with van der Waals surface area (Å²) in [7, 11) is 0. The number of piperidine rings is 1. The van der Waals surface area contributed by atoms with Crippen molar-refractivity contribution in [3.8, 4) is 0 Å². The molecule has 8 heteroatoms. The molecule has 0 radical (unpaired) electrons. The van der Waals surface area contributed by atoms with Gasteiger partial charge in [-0.1, -0.05) is 49.7 Å². The Morgan fingerprint density at radius 3 is 2.73 bits per heavy atom. The van der Waals surface area contributed by atoms with E-state index in [1.54, 1.807) is 6.33 Å². The monoisotopic (exact) mass is 542 g/mol. The van der Waals surface area contributed by atoms with Crippen LogP contribution in [0.4, 0.5) is 17.5 Å². The largest absolute Gasteiger partial charge is 0.481 e. The van der Waals surface area contributed by atoms with Crippen molar-refractivity contribution in [3.05, 3.63) is 71.2 Å². The smallest absolute Gasteiger partial charge is 0.308 e. The standard InChI is InChI=1S/C32H42N6O2/c1-2-27-30(34-21-26(32(39)40)12-7-6-11-23-9-4-3-5-10-23)35-22-36-31(27)38-19-16-24(17-20-38)28-15-14-25-13-8-18-33-29(25)37-28/h3-5,9-10,14-15,22,24,26H,2,6-8,11-13,16-21H2,1H3,(H,33,37)(H,39,40)(H,34,35,36)/t26-/m0/s1. The minimum atomic E-state index is -0.757. The number of hydrogen-bond acceptors (Lipinski definition) is 7. The van der Waals surface area contributed by atoms with Gasteiger partial charge in [-0.15, -0.1) is 0 Å². The van der Waals surface area contributed by atoms with E-state index in [4.69, 9.17) is 4.98 Å². The van der Waals surface area contributed by atoms with E-state index in [0.29, 0.717) is 18.9 Å². The first-order valence-electron chi connectivity index (χ1n) is 15.0. The number of anilines is 3. The van der Waals surface area contributed by atoms with E-state index < -0.39 is 11.9 Å². The molecule has 2 aliphatic heterocycles. The van der Waals surface area contributed by atoms with Crippen molar-refractivity contribution < 1.29 is 9.90 Å². The number of fused-ring (bicyclic) bond motifs is 1. The van der Waals surface area contributed by atoms with E-state index in [1.807, 2.05) is 18.2 Å². The Bertz CT molecular complexity index is 1260. The maximum absolute atomic E-state index is 12.0. The highest BCUT2D eigenvalue weighted by atomic mass is 16.4. The first kappa shape index (κ1) is 27.9. The van der Waals surface area contributed by atoms with Crippen LogP contribution < -0.4 is 15.5 Å². The lowest BCUT2D eigenvalue weighted by Gasteiger charge is -2.34. The quantitative estimate of drug-likeness (QED) is 0.250. The third-order valence-electron chi connectivity index (χ3n) is 8.38. The molecule has 1 saturated heterocycles. The maximum atomic E-state index is 12.0. The summed E-state index contributed by atoms with van der Waals surface area (Å²) >= 11 is 0. The third kappa shape index (κ3) is 6.90. The molecule has 0 saturated carbocycles. The van der Waals surface area contributed by atoms with Crippen LogP contribution in [0.5, 0.6) is 0 Å². The molecule has 0 bridgehead atoms. The number of hydrogen-bond donors (Lipinski definition) is 3. The van der Waals surface area contributed by atoms with Crippen LogP contribution in [-0.2, 0) is 24.1 Å². The lowest BCUT2D eigenvalue weighted by atomic mass is 9.92. The van der Waals surface area contributed by atoms with Crippen LogP contribution in [0.25, 0.3) is 0 Å². The number of carboxylic acids is 1. The molecule has 40 heavy (non-hydrogen) atoms. The maximum Gasteiger partial charge on any atom is 0.308 e. The number of carbonyl (C=O) groups is 1. The fourth-order valence-corrected chi connectivity index (χ4v) is 6.01. The normalized spacial score (nSPS) is 16.2. The van der Waals surface area contributed by atoms with Gasteiger partial charge in [0.2, 0.25) is 0 Å². The second kappa shape index (κ2) is 13.6. The molecule has 2 aromatic heterocycles. The van der Waals surface area contributed by atoms with Gasteiger partial charge >= 0.3 is 5.97 Å². The molecule has 0 aliphatic carbocycles. The summed E-state index contributed by atoms with van der Waals surface area (Å²) in [4.78, 5) is 28.5. The molecular weight excluding hydrogens is 500 g/mol. The predicted molar refractivity (Wildman–Crippen MR) is 160 cm³/mol. The summed E-state index contributed by atoms with van der Waals surface area (Å²) < 4.78 is 0. The Balaban J connectivity index is 1.16. The zero-order chi connectivity index (χ0) is 27.7. The predicted octanol–water partition coefficient (Wildman–Crippen LogP) is 5.70. The SMILES string of the molecule is CCc1c(NC[C@H](CCCCc2ccccc2)C(=O)O)ncnc1N1CCC(c2ccc3c(n2)NCCC3)CC1. The topological polar surface area (TPSA) is 103 Å². The van der Waals surface area contributed by atoms with Gasteiger partial charge in [0.05, 0.1) is 5.92 Å². The first-order chi connectivity index (χ1) is 19.6. The number of aromatic nitrogens is 3. The average Bonchev–Trinajstić information content (AvgIpc) is 3.00. The molecule has 3 N–H and O–H groups in total. The average molecular weight is 543 g/mol. The van der Waals surface area contributed by atoms with Crippen LogP contribution in [0.3, 0.4) is 0 Å². The van der Waals surface area contributed by atoms with Gasteiger partial charge in [0.15, 0.2) is 0 Å². The Morgan fingerprint density at radius 1 is 1.12 bits per heavy atom. The van der Waals surface area contributed by atoms with Crippen LogP contribution in [0.15, 0.2) is 48.8 Å². The molecule has 0 spiro atoms. The van der Waals surface area contributed by atoms with Gasteiger partial charge in [0.1, 0.15) is 23.8 Å². The lowest BCUT2D eigenvalue weighted by molar-refractivity contribution is -0.141. The number of rotatable bonds is 12. The van der Waals surface area contributed by atoms with Gasteiger partial charge in [-0.05, 0) is 68.6 Å². The number of nitrogens with one attached hydrogen (secondary N) is 2. The minimum Gasteiger partial charge on any atom is -0.481 e. The summed E-state index contributed by atoms with van der Waals surface area (Å²) in [6, 6.07) is 14.8. The molecule has 8 nitrogen and oxygen atoms in total. The molecule has 4 heterocycles. The third-order valence-corrected chi connectivity index (χ3v) is 8.38. The minimum absolute atomic E-state index is 0.365. The summed E-state index contributed by atoms with van der Waals surface area (Å²) in [6.45, 7) is 5.32. The highest BCUT2D eigenvalue weighted by Crippen LogP contribution is 2.33. The fraction of sp³-hybridized carbons (Fsp3) is 0.500. The van der Waals surface area contributed by atoms with Crippen molar-refractivity contribution in [2.24, 2.45) is 5.92 Å². The van der Waals surface area contributed by atoms with E-state index in [9.17, 15) is 9.90 Å². The first-order valence-corrected chi connectivity index (χ1v) is 15.0. The van der Waals surface area contributed by atoms with Crippen molar-refractivity contribution in [1.82, 2.24) is 15.0 Å². The van der Waals surface area contributed by atoms with Gasteiger partial charge < -0.3 is 20.6 Å². The van der Waals surface area contributed by atoms with E-state index in [1.165, 1.54) is 23.2 Å². The Hall–Kier alpha value is -3.68. The van der Waals surface area contributed by atoms with Crippen molar-refractivity contribution >= 4 is 23.4 Å². The molecule has 1 aromatic carbocycles. The van der Waals surface area contributed by atoms with Gasteiger partial charge in [-0.2, -0.15) is 0 Å². The molecule has 212 valence electrons. The van der Waals surface area contributed by atoms with E-state index >= 15 is 0 Å². The molecule has 1 fully saturated rings. The van der Waals surface area contributed by atoms with Crippen molar-refractivity contribution in [1.29, 1.82) is 0 Å². The molecule has 0 unspecified atom stereocenters. The van der Waals surface area contributed by atoms with E-state index in [0.717, 1.165) is 87.6 Å². The van der Waals surface area contributed by atoms with Gasteiger partial charge in [0.25, 0.3) is 0 Å². The van der Waals surface area contributed by atoms with Crippen LogP contribution in [0.2, 0.25) is 0 Å². The Kier molecular flexibility index (Phi) is 9.47. The molecule has 0 amide bonds. The second-order valence-electron chi connectivity index (χ2n) is 11.1. The van der Waals surface area contributed by atoms with Gasteiger partial charge in [0, 0.05) is 43.4 Å². The van der Waals surface area contributed by atoms with Crippen LogP contribution in [0, 0.1) is 5.92 Å². The number of pyridine rings is 1. The van der Waals surface area contributed by atoms with E-state index in [-0.39, 0.29) is 0 Å². The van der Waals surface area contributed by atoms with Gasteiger partial charge in [-0.25, -0.2) is 15.0 Å². The number of aryl methyl sites for hydroxylation is 2. The molecule has 3 aromatic rings. The summed E-state index contributed by atoms with van der Waals surface area (Å²) in [6.07, 6.45) is 10.2.